The highest BCUT2D eigenvalue weighted by Gasteiger charge is 2.46. The summed E-state index contributed by atoms with van der Waals surface area (Å²) in [7, 11) is 0. The quantitative estimate of drug-likeness (QED) is 0.487. The maximum Gasteiger partial charge on any atom is 0.411 e. The Morgan fingerprint density at radius 3 is 2.51 bits per heavy atom. The largest absolute Gasteiger partial charge is 0.444 e. The number of anilines is 1. The zero-order valence-electron chi connectivity index (χ0n) is 21.6. The molecule has 2 aromatic heterocycles. The number of hydrogen-bond donors (Lipinski definition) is 2. The van der Waals surface area contributed by atoms with Crippen molar-refractivity contribution in [1.82, 2.24) is 20.1 Å². The van der Waals surface area contributed by atoms with E-state index in [4.69, 9.17) is 4.74 Å². The van der Waals surface area contributed by atoms with Gasteiger partial charge in [-0.2, -0.15) is 5.10 Å². The van der Waals surface area contributed by atoms with E-state index in [1.54, 1.807) is 0 Å². The molecule has 1 fully saturated rings. The number of amides is 1. The molecule has 1 saturated carbocycles. The molecule has 1 aromatic carbocycles. The van der Waals surface area contributed by atoms with Crippen LogP contribution >= 0.6 is 0 Å². The Bertz CT molecular complexity index is 1220. The summed E-state index contributed by atoms with van der Waals surface area (Å²) >= 11 is 0. The third kappa shape index (κ3) is 4.48. The molecular weight excluding hydrogens is 438 g/mol. The first-order valence-corrected chi connectivity index (χ1v) is 12.7. The molecule has 0 saturated heterocycles. The summed E-state index contributed by atoms with van der Waals surface area (Å²) in [5.74, 6) is 0.989. The summed E-state index contributed by atoms with van der Waals surface area (Å²) in [6.07, 6.45) is 6.30. The van der Waals surface area contributed by atoms with E-state index < -0.39 is 5.60 Å². The highest BCUT2D eigenvalue weighted by atomic mass is 16.6. The van der Waals surface area contributed by atoms with Crippen LogP contribution in [0.4, 0.5) is 10.6 Å². The average Bonchev–Trinajstić information content (AvgIpc) is 3.46. The fourth-order valence-corrected chi connectivity index (χ4v) is 5.63. The lowest BCUT2D eigenvalue weighted by Crippen LogP contribution is -2.54. The van der Waals surface area contributed by atoms with Crippen molar-refractivity contribution in [1.29, 1.82) is 0 Å². The SMILES string of the molecule is CC(C)(C)OC(=O)N(Cc1ccccc1)C1(C)CCC(C)(c2[nH]nc3cnc4c(c23)CCN4)CC1. The Morgan fingerprint density at radius 1 is 1.11 bits per heavy atom. The van der Waals surface area contributed by atoms with Gasteiger partial charge < -0.3 is 10.1 Å². The topological polar surface area (TPSA) is 83.1 Å². The van der Waals surface area contributed by atoms with E-state index in [2.05, 4.69) is 46.5 Å². The first-order chi connectivity index (χ1) is 16.6. The molecule has 186 valence electrons. The number of carbonyl (C=O) groups is 1. The molecule has 7 nitrogen and oxygen atoms in total. The van der Waals surface area contributed by atoms with E-state index >= 15 is 0 Å². The minimum atomic E-state index is -0.539. The van der Waals surface area contributed by atoms with E-state index in [9.17, 15) is 4.79 Å². The lowest BCUT2D eigenvalue weighted by Gasteiger charge is -2.48. The summed E-state index contributed by atoms with van der Waals surface area (Å²) in [6, 6.07) is 10.2. The molecule has 0 atom stereocenters. The maximum atomic E-state index is 13.4. The molecule has 35 heavy (non-hydrogen) atoms. The Balaban J connectivity index is 1.42. The lowest BCUT2D eigenvalue weighted by molar-refractivity contribution is -0.0173. The lowest BCUT2D eigenvalue weighted by atomic mass is 9.66. The van der Waals surface area contributed by atoms with Gasteiger partial charge in [0, 0.05) is 40.7 Å². The molecule has 1 aliphatic heterocycles. The number of H-pyrrole nitrogens is 1. The van der Waals surface area contributed by atoms with Crippen LogP contribution in [0.15, 0.2) is 36.5 Å². The van der Waals surface area contributed by atoms with Crippen molar-refractivity contribution >= 4 is 22.8 Å². The Kier molecular flexibility index (Phi) is 5.77. The molecule has 2 aliphatic rings. The van der Waals surface area contributed by atoms with Gasteiger partial charge in [-0.05, 0) is 65.4 Å². The molecule has 0 radical (unpaired) electrons. The summed E-state index contributed by atoms with van der Waals surface area (Å²) in [5.41, 5.74) is 3.67. The number of hydrogen-bond acceptors (Lipinski definition) is 5. The predicted molar refractivity (Wildman–Crippen MR) is 139 cm³/mol. The fraction of sp³-hybridized carbons (Fsp3) is 0.536. The number of carbonyl (C=O) groups excluding carboxylic acids is 1. The van der Waals surface area contributed by atoms with Crippen molar-refractivity contribution in [3.63, 3.8) is 0 Å². The van der Waals surface area contributed by atoms with E-state index in [1.165, 1.54) is 16.6 Å². The number of nitrogens with one attached hydrogen (secondary N) is 2. The first-order valence-electron chi connectivity index (χ1n) is 12.7. The third-order valence-electron chi connectivity index (χ3n) is 7.85. The van der Waals surface area contributed by atoms with Crippen molar-refractivity contribution in [3.8, 4) is 0 Å². The van der Waals surface area contributed by atoms with Crippen LogP contribution in [-0.4, -0.2) is 43.9 Å². The van der Waals surface area contributed by atoms with Gasteiger partial charge in [0.25, 0.3) is 0 Å². The van der Waals surface area contributed by atoms with Gasteiger partial charge in [0.1, 0.15) is 16.9 Å². The number of aromatic nitrogens is 3. The van der Waals surface area contributed by atoms with Gasteiger partial charge in [0.05, 0.1) is 6.20 Å². The number of rotatable bonds is 4. The second-order valence-corrected chi connectivity index (χ2v) is 11.7. The number of fused-ring (bicyclic) bond motifs is 3. The first kappa shape index (κ1) is 23.6. The average molecular weight is 476 g/mol. The molecule has 5 rings (SSSR count). The molecule has 3 heterocycles. The van der Waals surface area contributed by atoms with Gasteiger partial charge in [-0.1, -0.05) is 37.3 Å². The predicted octanol–water partition coefficient (Wildman–Crippen LogP) is 5.95. The van der Waals surface area contributed by atoms with Crippen molar-refractivity contribution < 1.29 is 9.53 Å². The summed E-state index contributed by atoms with van der Waals surface area (Å²) in [6.45, 7) is 11.8. The maximum absolute atomic E-state index is 13.4. The van der Waals surface area contributed by atoms with E-state index in [0.717, 1.165) is 55.5 Å². The van der Waals surface area contributed by atoms with Crippen molar-refractivity contribution in [2.45, 2.75) is 89.8 Å². The van der Waals surface area contributed by atoms with Crippen LogP contribution in [0.25, 0.3) is 10.9 Å². The van der Waals surface area contributed by atoms with Crippen LogP contribution in [0.5, 0.6) is 0 Å². The standard InChI is InChI=1S/C28H37N5O2/c1-26(2,3)35-25(34)33(18-19-9-7-6-8-10-19)28(5)14-12-27(4,13-15-28)23-22-20-11-16-29-24(20)30-17-21(22)31-32-23/h6-10,17H,11-16,18H2,1-5H3,(H,29,30)(H,31,32). The molecule has 0 unspecified atom stereocenters. The van der Waals surface area contributed by atoms with E-state index in [0.29, 0.717) is 6.54 Å². The Hall–Kier alpha value is -3.09. The zero-order chi connectivity index (χ0) is 24.8. The second-order valence-electron chi connectivity index (χ2n) is 11.7. The van der Waals surface area contributed by atoms with Crippen LogP contribution in [0.2, 0.25) is 0 Å². The van der Waals surface area contributed by atoms with Gasteiger partial charge >= 0.3 is 6.09 Å². The minimum absolute atomic E-state index is 0.0433. The van der Waals surface area contributed by atoms with Gasteiger partial charge in [0.15, 0.2) is 0 Å². The molecular formula is C28H37N5O2. The highest BCUT2D eigenvalue weighted by molar-refractivity contribution is 5.89. The van der Waals surface area contributed by atoms with E-state index in [-0.39, 0.29) is 17.0 Å². The van der Waals surface area contributed by atoms with Crippen LogP contribution in [0.1, 0.15) is 77.1 Å². The van der Waals surface area contributed by atoms with Crippen LogP contribution in [-0.2, 0) is 23.1 Å². The molecule has 1 amide bonds. The van der Waals surface area contributed by atoms with Crippen molar-refractivity contribution in [2.75, 3.05) is 11.9 Å². The van der Waals surface area contributed by atoms with Crippen LogP contribution < -0.4 is 5.32 Å². The molecule has 0 spiro atoms. The van der Waals surface area contributed by atoms with Gasteiger partial charge in [0.2, 0.25) is 0 Å². The number of aromatic amines is 1. The molecule has 3 aromatic rings. The number of benzene rings is 1. The number of ether oxygens (including phenoxy) is 1. The number of pyridine rings is 1. The van der Waals surface area contributed by atoms with Crippen LogP contribution in [0.3, 0.4) is 0 Å². The minimum Gasteiger partial charge on any atom is -0.444 e. The zero-order valence-corrected chi connectivity index (χ0v) is 21.6. The Labute approximate surface area is 207 Å². The van der Waals surface area contributed by atoms with Gasteiger partial charge in [-0.3, -0.25) is 10.00 Å². The molecule has 0 bridgehead atoms. The van der Waals surface area contributed by atoms with Crippen molar-refractivity contribution in [3.05, 3.63) is 53.3 Å². The van der Waals surface area contributed by atoms with E-state index in [1.807, 2.05) is 50.1 Å². The second kappa shape index (κ2) is 8.54. The fourth-order valence-electron chi connectivity index (χ4n) is 5.63. The van der Waals surface area contributed by atoms with Gasteiger partial charge in [-0.25, -0.2) is 9.78 Å². The van der Waals surface area contributed by atoms with Crippen molar-refractivity contribution in [2.24, 2.45) is 0 Å². The monoisotopic (exact) mass is 475 g/mol. The number of nitrogens with zero attached hydrogens (tertiary/aromatic N) is 3. The molecule has 1 aliphatic carbocycles. The van der Waals surface area contributed by atoms with Crippen LogP contribution in [0, 0.1) is 0 Å². The summed E-state index contributed by atoms with van der Waals surface area (Å²) < 4.78 is 5.88. The Morgan fingerprint density at radius 2 is 1.83 bits per heavy atom. The molecule has 2 N–H and O–H groups in total. The summed E-state index contributed by atoms with van der Waals surface area (Å²) in [5, 5.41) is 12.6. The third-order valence-corrected chi connectivity index (χ3v) is 7.85. The molecule has 7 heteroatoms. The highest BCUT2D eigenvalue weighted by Crippen LogP contribution is 2.47. The smallest absolute Gasteiger partial charge is 0.411 e. The van der Waals surface area contributed by atoms with Gasteiger partial charge in [-0.15, -0.1) is 0 Å². The normalized spacial score (nSPS) is 24.1. The summed E-state index contributed by atoms with van der Waals surface area (Å²) in [4.78, 5) is 19.9.